The summed E-state index contributed by atoms with van der Waals surface area (Å²) in [7, 11) is -3.39. The van der Waals surface area contributed by atoms with Gasteiger partial charge in [0.1, 0.15) is 0 Å². The standard InChI is InChI=1S/C17H18O4S/c18-22(19,14-4-2-1-3-5-14)17-13-7-6-12(10-13)15(17)11-16-20-8-9-21-16/h1-7,11-13,16-17H,8-10H2/b15-11+. The van der Waals surface area contributed by atoms with Gasteiger partial charge in [-0.2, -0.15) is 0 Å². The number of benzene rings is 1. The molecule has 1 heterocycles. The molecule has 1 aromatic carbocycles. The predicted octanol–water partition coefficient (Wildman–Crippen LogP) is 2.33. The molecule has 5 heteroatoms. The van der Waals surface area contributed by atoms with Crippen molar-refractivity contribution in [3.63, 3.8) is 0 Å². The van der Waals surface area contributed by atoms with Gasteiger partial charge in [-0.15, -0.1) is 0 Å². The second-order valence-corrected chi connectivity index (χ2v) is 8.02. The molecule has 3 atom stereocenters. The second kappa shape index (κ2) is 5.33. The Balaban J connectivity index is 1.74. The van der Waals surface area contributed by atoms with Crippen LogP contribution in [0.3, 0.4) is 0 Å². The van der Waals surface area contributed by atoms with Crippen LogP contribution in [0.2, 0.25) is 0 Å². The van der Waals surface area contributed by atoms with Crippen molar-refractivity contribution in [1.29, 1.82) is 0 Å². The second-order valence-electron chi connectivity index (χ2n) is 5.95. The lowest BCUT2D eigenvalue weighted by molar-refractivity contribution is -0.00241. The molecule has 1 aromatic rings. The molecule has 1 saturated heterocycles. The molecule has 2 aliphatic carbocycles. The van der Waals surface area contributed by atoms with Crippen molar-refractivity contribution in [3.8, 4) is 0 Å². The van der Waals surface area contributed by atoms with E-state index in [0.717, 1.165) is 12.0 Å². The highest BCUT2D eigenvalue weighted by atomic mass is 32.2. The Morgan fingerprint density at radius 2 is 1.77 bits per heavy atom. The summed E-state index contributed by atoms with van der Waals surface area (Å²) >= 11 is 0. The summed E-state index contributed by atoms with van der Waals surface area (Å²) in [6.07, 6.45) is 6.50. The summed E-state index contributed by atoms with van der Waals surface area (Å²) in [5, 5.41) is -0.488. The maximum absolute atomic E-state index is 13.1. The van der Waals surface area contributed by atoms with Gasteiger partial charge in [0, 0.05) is 0 Å². The van der Waals surface area contributed by atoms with E-state index >= 15 is 0 Å². The van der Waals surface area contributed by atoms with Crippen LogP contribution < -0.4 is 0 Å². The van der Waals surface area contributed by atoms with E-state index in [4.69, 9.17) is 9.47 Å². The topological polar surface area (TPSA) is 52.6 Å². The van der Waals surface area contributed by atoms with Gasteiger partial charge in [0.2, 0.25) is 0 Å². The smallest absolute Gasteiger partial charge is 0.185 e. The van der Waals surface area contributed by atoms with Crippen molar-refractivity contribution < 1.29 is 17.9 Å². The molecule has 3 aliphatic rings. The average Bonchev–Trinajstić information content (AvgIpc) is 3.25. The summed E-state index contributed by atoms with van der Waals surface area (Å²) in [6.45, 7) is 1.13. The number of fused-ring (bicyclic) bond motifs is 2. The molecular formula is C17H18O4S. The largest absolute Gasteiger partial charge is 0.347 e. The van der Waals surface area contributed by atoms with Crippen LogP contribution in [0.4, 0.5) is 0 Å². The average molecular weight is 318 g/mol. The highest BCUT2D eigenvalue weighted by Crippen LogP contribution is 2.48. The Morgan fingerprint density at radius 3 is 2.50 bits per heavy atom. The fraction of sp³-hybridized carbons (Fsp3) is 0.412. The summed E-state index contributed by atoms with van der Waals surface area (Å²) < 4.78 is 37.0. The van der Waals surface area contributed by atoms with Crippen molar-refractivity contribution in [2.75, 3.05) is 13.2 Å². The zero-order valence-corrected chi connectivity index (χ0v) is 12.9. The lowest BCUT2D eigenvalue weighted by Gasteiger charge is -2.23. The van der Waals surface area contributed by atoms with Crippen LogP contribution in [-0.2, 0) is 19.3 Å². The number of allylic oxidation sites excluding steroid dienone is 2. The van der Waals surface area contributed by atoms with Crippen LogP contribution in [0, 0.1) is 11.8 Å². The third-order valence-electron chi connectivity index (χ3n) is 4.64. The lowest BCUT2D eigenvalue weighted by Crippen LogP contribution is -2.28. The van der Waals surface area contributed by atoms with E-state index in [1.165, 1.54) is 0 Å². The molecule has 0 amide bonds. The fourth-order valence-corrected chi connectivity index (χ4v) is 5.78. The van der Waals surface area contributed by atoms with E-state index in [1.807, 2.05) is 18.2 Å². The molecule has 0 aromatic heterocycles. The first-order valence-corrected chi connectivity index (χ1v) is 9.13. The van der Waals surface area contributed by atoms with E-state index < -0.39 is 21.4 Å². The molecule has 2 fully saturated rings. The van der Waals surface area contributed by atoms with Gasteiger partial charge in [0.15, 0.2) is 16.1 Å². The molecule has 1 saturated carbocycles. The quantitative estimate of drug-likeness (QED) is 0.803. The Morgan fingerprint density at radius 1 is 1.05 bits per heavy atom. The van der Waals surface area contributed by atoms with Crippen LogP contribution in [0.15, 0.2) is 59.0 Å². The Kier molecular flexibility index (Phi) is 3.44. The van der Waals surface area contributed by atoms with Crippen molar-refractivity contribution in [1.82, 2.24) is 0 Å². The molecule has 0 radical (unpaired) electrons. The predicted molar refractivity (Wildman–Crippen MR) is 81.9 cm³/mol. The van der Waals surface area contributed by atoms with Gasteiger partial charge in [0.05, 0.1) is 23.4 Å². The Hall–Kier alpha value is -1.43. The Bertz CT molecular complexity index is 714. The van der Waals surface area contributed by atoms with Crippen LogP contribution in [0.1, 0.15) is 6.42 Å². The maximum Gasteiger partial charge on any atom is 0.185 e. The first-order chi connectivity index (χ1) is 10.7. The zero-order valence-electron chi connectivity index (χ0n) is 12.1. The molecule has 4 rings (SSSR count). The third kappa shape index (κ3) is 2.24. The van der Waals surface area contributed by atoms with E-state index in [1.54, 1.807) is 24.3 Å². The van der Waals surface area contributed by atoms with Crippen LogP contribution >= 0.6 is 0 Å². The molecule has 0 spiro atoms. The van der Waals surface area contributed by atoms with Gasteiger partial charge in [-0.3, -0.25) is 0 Å². The van der Waals surface area contributed by atoms with E-state index in [9.17, 15) is 8.42 Å². The van der Waals surface area contributed by atoms with Gasteiger partial charge in [0.25, 0.3) is 0 Å². The van der Waals surface area contributed by atoms with Crippen molar-refractivity contribution in [3.05, 3.63) is 54.1 Å². The number of hydrogen-bond acceptors (Lipinski definition) is 4. The summed E-state index contributed by atoms with van der Waals surface area (Å²) in [6, 6.07) is 8.71. The molecule has 116 valence electrons. The highest BCUT2D eigenvalue weighted by molar-refractivity contribution is 7.92. The van der Waals surface area contributed by atoms with Gasteiger partial charge >= 0.3 is 0 Å². The Labute approximate surface area is 130 Å². The molecule has 2 bridgehead atoms. The van der Waals surface area contributed by atoms with Crippen LogP contribution in [0.25, 0.3) is 0 Å². The fourth-order valence-electron chi connectivity index (χ4n) is 3.67. The summed E-state index contributed by atoms with van der Waals surface area (Å²) in [4.78, 5) is 0.389. The third-order valence-corrected chi connectivity index (χ3v) is 6.86. The monoisotopic (exact) mass is 318 g/mol. The van der Waals surface area contributed by atoms with Gasteiger partial charge in [-0.05, 0) is 42.0 Å². The lowest BCUT2D eigenvalue weighted by atomic mass is 10.00. The molecule has 22 heavy (non-hydrogen) atoms. The molecule has 1 aliphatic heterocycles. The number of hydrogen-bond donors (Lipinski definition) is 0. The summed E-state index contributed by atoms with van der Waals surface area (Å²) in [5.74, 6) is 0.254. The maximum atomic E-state index is 13.1. The van der Waals surface area contributed by atoms with Crippen molar-refractivity contribution in [2.24, 2.45) is 11.8 Å². The SMILES string of the molecule is O=S(=O)(c1ccccc1)C1/C(=C/C2OCCO2)C2C=CC1C2. The van der Waals surface area contributed by atoms with E-state index in [-0.39, 0.29) is 11.8 Å². The van der Waals surface area contributed by atoms with Crippen molar-refractivity contribution in [2.45, 2.75) is 22.9 Å². The van der Waals surface area contributed by atoms with E-state index in [0.29, 0.717) is 18.1 Å². The summed E-state index contributed by atoms with van der Waals surface area (Å²) in [5.41, 5.74) is 0.934. The zero-order chi connectivity index (χ0) is 15.2. The number of ether oxygens (including phenoxy) is 2. The molecule has 0 N–H and O–H groups in total. The molecule has 4 nitrogen and oxygen atoms in total. The molecule has 3 unspecified atom stereocenters. The van der Waals surface area contributed by atoms with Gasteiger partial charge in [-0.1, -0.05) is 30.4 Å². The van der Waals surface area contributed by atoms with Crippen molar-refractivity contribution >= 4 is 9.84 Å². The number of sulfone groups is 1. The molecular weight excluding hydrogens is 300 g/mol. The minimum absolute atomic E-state index is 0.0582. The first kappa shape index (κ1) is 14.2. The highest BCUT2D eigenvalue weighted by Gasteiger charge is 2.48. The van der Waals surface area contributed by atoms with Gasteiger partial charge in [-0.25, -0.2) is 8.42 Å². The first-order valence-electron chi connectivity index (χ1n) is 7.58. The number of rotatable bonds is 3. The van der Waals surface area contributed by atoms with E-state index in [2.05, 4.69) is 6.08 Å². The minimum Gasteiger partial charge on any atom is -0.347 e. The van der Waals surface area contributed by atoms with Crippen LogP contribution in [-0.4, -0.2) is 33.2 Å². The normalized spacial score (nSPS) is 33.1. The van der Waals surface area contributed by atoms with Gasteiger partial charge < -0.3 is 9.47 Å². The minimum atomic E-state index is -3.39. The van der Waals surface area contributed by atoms with Crippen LogP contribution in [0.5, 0.6) is 0 Å².